The van der Waals surface area contributed by atoms with Crippen LogP contribution in [0.2, 0.25) is 0 Å². The molecule has 1 aliphatic heterocycles. The van der Waals surface area contributed by atoms with Gasteiger partial charge in [0, 0.05) is 5.75 Å². The summed E-state index contributed by atoms with van der Waals surface area (Å²) >= 11 is 1.75. The van der Waals surface area contributed by atoms with E-state index >= 15 is 0 Å². The van der Waals surface area contributed by atoms with Crippen molar-refractivity contribution in [2.45, 2.75) is 0 Å². The Kier molecular flexibility index (Phi) is 45.7. The van der Waals surface area contributed by atoms with Gasteiger partial charge in [0.15, 0.2) is 0 Å². The minimum absolute atomic E-state index is 1.20. The topological polar surface area (TPSA) is 0 Å². The second-order valence-electron chi connectivity index (χ2n) is 1.16. The fraction of sp³-hybridized carbons (Fsp3) is 0.333. The van der Waals surface area contributed by atoms with E-state index in [0.29, 0.717) is 0 Å². The molecule has 0 saturated carbocycles. The van der Waals surface area contributed by atoms with E-state index in [1.165, 1.54) is 5.75 Å². The van der Waals surface area contributed by atoms with Crippen LogP contribution < -0.4 is 0 Å². The van der Waals surface area contributed by atoms with Gasteiger partial charge in [-0.1, -0.05) is 27.7 Å². The number of thioether (sulfide) groups is 1. The lowest BCUT2D eigenvalue weighted by molar-refractivity contribution is 1.85. The van der Waals surface area contributed by atoms with Crippen LogP contribution in [0.3, 0.4) is 0 Å². The van der Waals surface area contributed by atoms with Crippen LogP contribution in [0.5, 0.6) is 0 Å². The van der Waals surface area contributed by atoms with Gasteiger partial charge in [-0.15, -0.1) is 26.3 Å². The second kappa shape index (κ2) is 30.2. The molecule has 0 aliphatic carbocycles. The van der Waals surface area contributed by atoms with E-state index in [0.717, 1.165) is 0 Å². The van der Waals surface area contributed by atoms with E-state index < -0.39 is 0 Å². The second-order valence-corrected chi connectivity index (χ2v) is 4.30. The van der Waals surface area contributed by atoms with Gasteiger partial charge in [0.25, 0.3) is 0 Å². The van der Waals surface area contributed by atoms with Crippen molar-refractivity contribution in [3.63, 3.8) is 0 Å². The van der Waals surface area contributed by atoms with Crippen LogP contribution in [0.15, 0.2) is 37.8 Å². The first kappa shape index (κ1) is 18.1. The molecule has 0 atom stereocenters. The largest absolute Gasteiger partial charge is 0.169 e. The number of rotatable bonds is 0. The summed E-state index contributed by atoms with van der Waals surface area (Å²) in [6, 6.07) is 0. The Morgan fingerprint density at radius 1 is 1.17 bits per heavy atom. The van der Waals surface area contributed by atoms with Crippen molar-refractivity contribution in [1.29, 1.82) is 0 Å². The Morgan fingerprint density at radius 2 is 1.58 bits per heavy atom. The molecule has 0 fully saturated rings. The van der Waals surface area contributed by atoms with Gasteiger partial charge < -0.3 is 0 Å². The lowest BCUT2D eigenvalue weighted by atomic mass is 10.8. The average Bonchev–Trinajstić information content (AvgIpc) is 2.69. The van der Waals surface area contributed by atoms with Gasteiger partial charge in [0.05, 0.1) is 0 Å². The lowest BCUT2D eigenvalue weighted by Crippen LogP contribution is -1.46. The molecule has 0 nitrogen and oxygen atoms in total. The Morgan fingerprint density at radius 3 is 1.67 bits per heavy atom. The fourth-order valence-electron chi connectivity index (χ4n) is 0.196. The molecule has 0 bridgehead atoms. The van der Waals surface area contributed by atoms with Gasteiger partial charge >= 0.3 is 0 Å². The van der Waals surface area contributed by atoms with Crippen molar-refractivity contribution < 1.29 is 0 Å². The summed E-state index contributed by atoms with van der Waals surface area (Å²) in [5.74, 6) is 1.20. The zero-order chi connectivity index (χ0) is 10.2. The van der Waals surface area contributed by atoms with Gasteiger partial charge in [-0.2, -0.15) is 11.8 Å². The van der Waals surface area contributed by atoms with Gasteiger partial charge in [-0.05, 0) is 17.9 Å². The summed E-state index contributed by atoms with van der Waals surface area (Å²) in [5, 5.41) is 2.12. The predicted octanol–water partition coefficient (Wildman–Crippen LogP) is 4.48. The highest BCUT2D eigenvalue weighted by Gasteiger charge is 1.85. The third-order valence-electron chi connectivity index (χ3n) is 0.384. The molecule has 0 N–H and O–H groups in total. The molecule has 0 saturated heterocycles. The fourth-order valence-corrected chi connectivity index (χ4v) is 1.77. The molecule has 1 rings (SSSR count). The minimum atomic E-state index is 1.20. The van der Waals surface area contributed by atoms with E-state index in [2.05, 4.69) is 37.8 Å². The van der Waals surface area contributed by atoms with Gasteiger partial charge in [0.1, 0.15) is 0 Å². The van der Waals surface area contributed by atoms with Crippen molar-refractivity contribution in [3.05, 3.63) is 37.8 Å². The smallest absolute Gasteiger partial charge is 0.0229 e. The third-order valence-corrected chi connectivity index (χ3v) is 2.30. The standard InChI is InChI=1S/C3H4S2.C2H6S.2C2H4/c1-2-4-5-3-1;1-3-2;2*1-2/h1-2H,3H2;1-2H3;2*1-2H2. The minimum Gasteiger partial charge on any atom is -0.169 e. The molecule has 0 amide bonds. The molecule has 12 heavy (non-hydrogen) atoms. The number of hydrogen-bond donors (Lipinski definition) is 0. The maximum absolute atomic E-state index is 3.00. The first-order chi connectivity index (χ1) is 5.91. The molecule has 72 valence electrons. The first-order valence-corrected chi connectivity index (χ1v) is 7.26. The molecule has 0 spiro atoms. The van der Waals surface area contributed by atoms with Crippen LogP contribution in [0, 0.1) is 0 Å². The molecular formula is C9H18S3. The molecule has 0 unspecified atom stereocenters. The highest BCUT2D eigenvalue weighted by molar-refractivity contribution is 8.78. The van der Waals surface area contributed by atoms with E-state index in [4.69, 9.17) is 0 Å². The Labute approximate surface area is 89.4 Å². The highest BCUT2D eigenvalue weighted by Crippen LogP contribution is 2.27. The molecule has 0 radical (unpaired) electrons. The third kappa shape index (κ3) is 31.8. The summed E-state index contributed by atoms with van der Waals surface area (Å²) in [4.78, 5) is 0. The van der Waals surface area contributed by atoms with E-state index in [9.17, 15) is 0 Å². The lowest BCUT2D eigenvalue weighted by Gasteiger charge is -1.69. The van der Waals surface area contributed by atoms with Crippen molar-refractivity contribution in [3.8, 4) is 0 Å². The normalized spacial score (nSPS) is 10.8. The summed E-state index contributed by atoms with van der Waals surface area (Å²) in [7, 11) is 3.69. The van der Waals surface area contributed by atoms with Gasteiger partial charge in [0.2, 0.25) is 0 Å². The average molecular weight is 222 g/mol. The maximum Gasteiger partial charge on any atom is 0.0229 e. The van der Waals surface area contributed by atoms with E-state index in [-0.39, 0.29) is 0 Å². The molecule has 0 aromatic rings. The summed E-state index contributed by atoms with van der Waals surface area (Å²) < 4.78 is 0. The first-order valence-electron chi connectivity index (χ1n) is 3.25. The van der Waals surface area contributed by atoms with E-state index in [1.807, 2.05) is 34.1 Å². The van der Waals surface area contributed by atoms with Crippen LogP contribution in [-0.4, -0.2) is 18.3 Å². The molecule has 0 aromatic carbocycles. The SMILES string of the molecule is C1=CSSC1.C=C.C=C.CSC. The zero-order valence-electron chi connectivity index (χ0n) is 7.91. The zero-order valence-corrected chi connectivity index (χ0v) is 10.4. The Bertz CT molecular complexity index is 73.8. The Hall–Kier alpha value is 0.270. The van der Waals surface area contributed by atoms with Crippen molar-refractivity contribution in [2.75, 3.05) is 18.3 Å². The van der Waals surface area contributed by atoms with Gasteiger partial charge in [-0.25, -0.2) is 0 Å². The monoisotopic (exact) mass is 222 g/mol. The van der Waals surface area contributed by atoms with Crippen molar-refractivity contribution in [1.82, 2.24) is 0 Å². The van der Waals surface area contributed by atoms with Crippen LogP contribution in [-0.2, 0) is 0 Å². The number of hydrogen-bond acceptors (Lipinski definition) is 3. The highest BCUT2D eigenvalue weighted by atomic mass is 33.1. The van der Waals surface area contributed by atoms with Crippen molar-refractivity contribution >= 4 is 33.3 Å². The predicted molar refractivity (Wildman–Crippen MR) is 71.1 cm³/mol. The van der Waals surface area contributed by atoms with Crippen LogP contribution >= 0.6 is 33.3 Å². The molecule has 0 aromatic heterocycles. The molecule has 3 heteroatoms. The quantitative estimate of drug-likeness (QED) is 0.438. The van der Waals surface area contributed by atoms with E-state index in [1.54, 1.807) is 11.8 Å². The maximum atomic E-state index is 3.00. The summed E-state index contributed by atoms with van der Waals surface area (Å²) in [6.45, 7) is 12.0. The summed E-state index contributed by atoms with van der Waals surface area (Å²) in [6.07, 6.45) is 6.25. The van der Waals surface area contributed by atoms with Crippen LogP contribution in [0.4, 0.5) is 0 Å². The van der Waals surface area contributed by atoms with Crippen molar-refractivity contribution in [2.24, 2.45) is 0 Å². The summed E-state index contributed by atoms with van der Waals surface area (Å²) in [5.41, 5.74) is 0. The van der Waals surface area contributed by atoms with Crippen LogP contribution in [0.25, 0.3) is 0 Å². The Balaban J connectivity index is -0.000000102. The molecule has 1 aliphatic rings. The van der Waals surface area contributed by atoms with Gasteiger partial charge in [-0.3, -0.25) is 0 Å². The van der Waals surface area contributed by atoms with Crippen LogP contribution in [0.1, 0.15) is 0 Å². The molecule has 1 heterocycles. The molecular weight excluding hydrogens is 204 g/mol.